The van der Waals surface area contributed by atoms with Gasteiger partial charge < -0.3 is 9.84 Å². The summed E-state index contributed by atoms with van der Waals surface area (Å²) in [7, 11) is 0. The number of amides is 1. The summed E-state index contributed by atoms with van der Waals surface area (Å²) in [5.41, 5.74) is 0.773. The molecule has 1 unspecified atom stereocenters. The second-order valence-electron chi connectivity index (χ2n) is 3.65. The van der Waals surface area contributed by atoms with Gasteiger partial charge in [0.05, 0.1) is 0 Å². The summed E-state index contributed by atoms with van der Waals surface area (Å²) in [5, 5.41) is 5.51. The summed E-state index contributed by atoms with van der Waals surface area (Å²) in [5.74, 6) is 0.253. The van der Waals surface area contributed by atoms with Crippen LogP contribution in [0, 0.1) is 0 Å². The molecule has 0 bridgehead atoms. The predicted molar refractivity (Wildman–Crippen MR) is 66.0 cm³/mol. The number of carbonyl (C=O) groups is 1. The van der Waals surface area contributed by atoms with E-state index in [2.05, 4.69) is 15.5 Å². The first kappa shape index (κ1) is 12.6. The molecule has 1 aromatic heterocycles. The topological polar surface area (TPSA) is 68.0 Å². The molecule has 94 valence electrons. The Bertz CT molecular complexity index is 487. The van der Waals surface area contributed by atoms with Crippen molar-refractivity contribution in [3.05, 3.63) is 48.1 Å². The third-order valence-corrected chi connectivity index (χ3v) is 2.82. The molecule has 0 aliphatic heterocycles. The van der Waals surface area contributed by atoms with Crippen LogP contribution in [0.5, 0.6) is 0 Å². The molecule has 2 aromatic rings. The molecular formula is C12H12ClN3O2. The van der Waals surface area contributed by atoms with E-state index in [1.54, 1.807) is 0 Å². The van der Waals surface area contributed by atoms with Gasteiger partial charge in [-0.1, -0.05) is 35.5 Å². The van der Waals surface area contributed by atoms with E-state index in [9.17, 15) is 4.79 Å². The molecule has 1 heterocycles. The number of nitrogens with zero attached hydrogens (tertiary/aromatic N) is 2. The van der Waals surface area contributed by atoms with Gasteiger partial charge in [0.2, 0.25) is 11.8 Å². The van der Waals surface area contributed by atoms with Crippen molar-refractivity contribution in [1.29, 1.82) is 0 Å². The summed E-state index contributed by atoms with van der Waals surface area (Å²) < 4.78 is 4.82. The first-order chi connectivity index (χ1) is 8.77. The fourth-order valence-electron chi connectivity index (χ4n) is 1.46. The van der Waals surface area contributed by atoms with Gasteiger partial charge in [-0.2, -0.15) is 4.98 Å². The van der Waals surface area contributed by atoms with Crippen LogP contribution in [0.1, 0.15) is 16.8 Å². The fourth-order valence-corrected chi connectivity index (χ4v) is 1.68. The number of alkyl halides is 1. The second-order valence-corrected chi connectivity index (χ2v) is 4.09. The van der Waals surface area contributed by atoms with Crippen LogP contribution in [0.15, 0.2) is 41.2 Å². The maximum Gasteiger partial charge on any atom is 0.242 e. The van der Waals surface area contributed by atoms with Gasteiger partial charge in [-0.3, -0.25) is 4.79 Å². The number of rotatable bonds is 5. The van der Waals surface area contributed by atoms with E-state index in [0.29, 0.717) is 18.9 Å². The van der Waals surface area contributed by atoms with Crippen molar-refractivity contribution < 1.29 is 9.32 Å². The van der Waals surface area contributed by atoms with E-state index in [1.807, 2.05) is 30.3 Å². The fraction of sp³-hybridized carbons (Fsp3) is 0.250. The van der Waals surface area contributed by atoms with Crippen LogP contribution < -0.4 is 5.32 Å². The molecule has 1 atom stereocenters. The number of aromatic nitrogens is 2. The van der Waals surface area contributed by atoms with Crippen LogP contribution in [0.25, 0.3) is 0 Å². The minimum Gasteiger partial charge on any atom is -0.354 e. The lowest BCUT2D eigenvalue weighted by Crippen LogP contribution is -2.28. The van der Waals surface area contributed by atoms with Gasteiger partial charge in [0.25, 0.3) is 0 Å². The molecule has 1 N–H and O–H groups in total. The van der Waals surface area contributed by atoms with Gasteiger partial charge >= 0.3 is 0 Å². The van der Waals surface area contributed by atoms with Crippen molar-refractivity contribution in [2.75, 3.05) is 6.54 Å². The molecule has 2 rings (SSSR count). The number of hydrogen-bond donors (Lipinski definition) is 1. The molecule has 0 saturated carbocycles. The van der Waals surface area contributed by atoms with Gasteiger partial charge in [-0.15, -0.1) is 11.6 Å². The van der Waals surface area contributed by atoms with Gasteiger partial charge in [0, 0.05) is 13.0 Å². The Hall–Kier alpha value is -1.88. The standard InChI is InChI=1S/C12H12ClN3O2/c13-11(9-4-2-1-3-5-9)12(17)14-7-6-10-15-8-16-18-10/h1-5,8,11H,6-7H2,(H,14,17). The molecule has 0 aliphatic rings. The number of nitrogens with one attached hydrogen (secondary N) is 1. The van der Waals surface area contributed by atoms with E-state index >= 15 is 0 Å². The molecule has 0 radical (unpaired) electrons. The first-order valence-corrected chi connectivity index (χ1v) is 5.93. The second kappa shape index (κ2) is 6.16. The molecule has 0 fully saturated rings. The molecule has 0 saturated heterocycles. The predicted octanol–water partition coefficient (Wildman–Crippen LogP) is 1.71. The molecule has 0 spiro atoms. The van der Waals surface area contributed by atoms with Crippen LogP contribution in [-0.4, -0.2) is 22.6 Å². The van der Waals surface area contributed by atoms with Crippen LogP contribution >= 0.6 is 11.6 Å². The van der Waals surface area contributed by atoms with Crippen molar-refractivity contribution in [2.45, 2.75) is 11.8 Å². The summed E-state index contributed by atoms with van der Waals surface area (Å²) in [4.78, 5) is 15.6. The van der Waals surface area contributed by atoms with Crippen LogP contribution in [0.4, 0.5) is 0 Å². The Morgan fingerprint density at radius 2 is 2.17 bits per heavy atom. The smallest absolute Gasteiger partial charge is 0.242 e. The molecule has 0 aliphatic carbocycles. The average molecular weight is 266 g/mol. The number of hydrogen-bond acceptors (Lipinski definition) is 4. The van der Waals surface area contributed by atoms with Crippen molar-refractivity contribution in [3.63, 3.8) is 0 Å². The van der Waals surface area contributed by atoms with Crippen molar-refractivity contribution in [3.8, 4) is 0 Å². The van der Waals surface area contributed by atoms with E-state index in [4.69, 9.17) is 16.1 Å². The van der Waals surface area contributed by atoms with E-state index in [1.165, 1.54) is 6.33 Å². The van der Waals surface area contributed by atoms with E-state index < -0.39 is 5.38 Å². The lowest BCUT2D eigenvalue weighted by Gasteiger charge is -2.09. The molecule has 5 nitrogen and oxygen atoms in total. The third kappa shape index (κ3) is 3.30. The van der Waals surface area contributed by atoms with Crippen molar-refractivity contribution in [2.24, 2.45) is 0 Å². The Morgan fingerprint density at radius 3 is 2.83 bits per heavy atom. The van der Waals surface area contributed by atoms with Gasteiger partial charge in [0.15, 0.2) is 6.33 Å². The molecule has 18 heavy (non-hydrogen) atoms. The maximum absolute atomic E-state index is 11.8. The Balaban J connectivity index is 1.81. The summed E-state index contributed by atoms with van der Waals surface area (Å²) in [6, 6.07) is 9.19. The summed E-state index contributed by atoms with van der Waals surface area (Å²) in [6.07, 6.45) is 1.82. The van der Waals surface area contributed by atoms with Crippen molar-refractivity contribution >= 4 is 17.5 Å². The highest BCUT2D eigenvalue weighted by Crippen LogP contribution is 2.19. The van der Waals surface area contributed by atoms with Gasteiger partial charge in [-0.05, 0) is 5.56 Å². The normalized spacial score (nSPS) is 12.1. The van der Waals surface area contributed by atoms with Gasteiger partial charge in [-0.25, -0.2) is 0 Å². The van der Waals surface area contributed by atoms with E-state index in [-0.39, 0.29) is 5.91 Å². The lowest BCUT2D eigenvalue weighted by molar-refractivity contribution is -0.120. The molecule has 6 heteroatoms. The minimum absolute atomic E-state index is 0.234. The quantitative estimate of drug-likeness (QED) is 0.836. The Morgan fingerprint density at radius 1 is 1.39 bits per heavy atom. The lowest BCUT2D eigenvalue weighted by atomic mass is 10.1. The number of carbonyl (C=O) groups excluding carboxylic acids is 1. The maximum atomic E-state index is 11.8. The average Bonchev–Trinajstić information content (AvgIpc) is 2.92. The van der Waals surface area contributed by atoms with Crippen LogP contribution in [0.2, 0.25) is 0 Å². The monoisotopic (exact) mass is 265 g/mol. The zero-order valence-electron chi connectivity index (χ0n) is 9.54. The Kier molecular flexibility index (Phi) is 4.30. The Labute approximate surface area is 109 Å². The highest BCUT2D eigenvalue weighted by atomic mass is 35.5. The number of halogens is 1. The van der Waals surface area contributed by atoms with Gasteiger partial charge in [0.1, 0.15) is 5.38 Å². The minimum atomic E-state index is -0.686. The zero-order chi connectivity index (χ0) is 12.8. The first-order valence-electron chi connectivity index (χ1n) is 5.49. The summed E-state index contributed by atoms with van der Waals surface area (Å²) in [6.45, 7) is 0.414. The zero-order valence-corrected chi connectivity index (χ0v) is 10.3. The number of benzene rings is 1. The SMILES string of the molecule is O=C(NCCc1ncno1)C(Cl)c1ccccc1. The highest BCUT2D eigenvalue weighted by molar-refractivity contribution is 6.30. The highest BCUT2D eigenvalue weighted by Gasteiger charge is 2.16. The van der Waals surface area contributed by atoms with Crippen LogP contribution in [0.3, 0.4) is 0 Å². The largest absolute Gasteiger partial charge is 0.354 e. The molecule has 1 aromatic carbocycles. The summed E-state index contributed by atoms with van der Waals surface area (Å²) >= 11 is 6.05. The van der Waals surface area contributed by atoms with E-state index in [0.717, 1.165) is 5.56 Å². The molecule has 1 amide bonds. The third-order valence-electron chi connectivity index (χ3n) is 2.37. The van der Waals surface area contributed by atoms with Crippen molar-refractivity contribution in [1.82, 2.24) is 15.5 Å². The molecular weight excluding hydrogens is 254 g/mol. The van der Waals surface area contributed by atoms with Crippen LogP contribution in [-0.2, 0) is 11.2 Å².